The van der Waals surface area contributed by atoms with Gasteiger partial charge in [0.2, 0.25) is 0 Å². The molecule has 0 fully saturated rings. The summed E-state index contributed by atoms with van der Waals surface area (Å²) in [5.74, 6) is 0.444. The molecule has 1 N–H and O–H groups in total. The fourth-order valence-electron chi connectivity index (χ4n) is 2.34. The highest BCUT2D eigenvalue weighted by Gasteiger charge is 2.26. The maximum atomic E-state index is 12.8. The molecule has 2 rings (SSSR count). The monoisotopic (exact) mass is 379 g/mol. The number of rotatable bonds is 3. The van der Waals surface area contributed by atoms with E-state index >= 15 is 0 Å². The number of nitrogens with one attached hydrogen (secondary N) is 1. The van der Waals surface area contributed by atoms with Crippen LogP contribution in [0.2, 0.25) is 5.02 Å². The predicted molar refractivity (Wildman–Crippen MR) is 107 cm³/mol. The third kappa shape index (κ3) is 4.59. The summed E-state index contributed by atoms with van der Waals surface area (Å²) in [6.45, 7) is 12.5. The van der Waals surface area contributed by atoms with Gasteiger partial charge in [0, 0.05) is 16.4 Å². The molecule has 2 aromatic rings. The zero-order valence-electron chi connectivity index (χ0n) is 15.9. The minimum absolute atomic E-state index is 0.105. The Morgan fingerprint density at radius 1 is 1.16 bits per heavy atom. The number of aromatic nitrogens is 2. The molecule has 1 amide bonds. The molecule has 0 saturated heterocycles. The molecule has 1 aromatic heterocycles. The SMILES string of the molecule is CSc1ccc(Cl)c(C(=O)Nc2cc(C(C)(C)C)nn2C(C)(C)C)c1. The van der Waals surface area contributed by atoms with Crippen LogP contribution in [0.3, 0.4) is 0 Å². The molecule has 0 aliphatic heterocycles. The second-order valence-electron chi connectivity index (χ2n) is 8.05. The zero-order chi connectivity index (χ0) is 19.0. The predicted octanol–water partition coefficient (Wildman–Crippen LogP) is 5.56. The maximum absolute atomic E-state index is 12.8. The van der Waals surface area contributed by atoms with Crippen molar-refractivity contribution < 1.29 is 4.79 Å². The van der Waals surface area contributed by atoms with Crippen LogP contribution in [-0.2, 0) is 11.0 Å². The van der Waals surface area contributed by atoms with Crippen molar-refractivity contribution in [2.45, 2.75) is 57.4 Å². The van der Waals surface area contributed by atoms with Crippen LogP contribution in [0, 0.1) is 0 Å². The first kappa shape index (κ1) is 19.9. The van der Waals surface area contributed by atoms with E-state index in [0.29, 0.717) is 16.4 Å². The van der Waals surface area contributed by atoms with Crippen molar-refractivity contribution in [3.63, 3.8) is 0 Å². The van der Waals surface area contributed by atoms with Crippen molar-refractivity contribution in [1.82, 2.24) is 9.78 Å². The zero-order valence-corrected chi connectivity index (χ0v) is 17.5. The van der Waals surface area contributed by atoms with Crippen LogP contribution in [-0.4, -0.2) is 21.9 Å². The highest BCUT2D eigenvalue weighted by molar-refractivity contribution is 7.98. The van der Waals surface area contributed by atoms with Gasteiger partial charge in [-0.05, 0) is 45.2 Å². The number of nitrogens with zero attached hydrogens (tertiary/aromatic N) is 2. The van der Waals surface area contributed by atoms with Gasteiger partial charge in [-0.1, -0.05) is 32.4 Å². The molecule has 0 aliphatic carbocycles. The molecular formula is C19H26ClN3OS. The number of benzene rings is 1. The van der Waals surface area contributed by atoms with E-state index in [1.165, 1.54) is 0 Å². The summed E-state index contributed by atoms with van der Waals surface area (Å²) in [7, 11) is 0. The van der Waals surface area contributed by atoms with Gasteiger partial charge in [-0.2, -0.15) is 5.10 Å². The highest BCUT2D eigenvalue weighted by atomic mass is 35.5. The van der Waals surface area contributed by atoms with Gasteiger partial charge in [-0.3, -0.25) is 4.79 Å². The number of thioether (sulfide) groups is 1. The molecule has 0 aliphatic rings. The lowest BCUT2D eigenvalue weighted by Gasteiger charge is -2.23. The lowest BCUT2D eigenvalue weighted by Crippen LogP contribution is -2.27. The van der Waals surface area contributed by atoms with E-state index in [2.05, 4.69) is 46.9 Å². The summed E-state index contributed by atoms with van der Waals surface area (Å²) in [5, 5.41) is 8.14. The summed E-state index contributed by atoms with van der Waals surface area (Å²) >= 11 is 7.80. The van der Waals surface area contributed by atoms with Crippen molar-refractivity contribution in [3.05, 3.63) is 40.5 Å². The fraction of sp³-hybridized carbons (Fsp3) is 0.474. The number of carbonyl (C=O) groups is 1. The van der Waals surface area contributed by atoms with Crippen molar-refractivity contribution in [3.8, 4) is 0 Å². The molecule has 0 saturated carbocycles. The normalized spacial score (nSPS) is 12.3. The number of amides is 1. The summed E-state index contributed by atoms with van der Waals surface area (Å²) in [6, 6.07) is 7.41. The second-order valence-corrected chi connectivity index (χ2v) is 9.33. The van der Waals surface area contributed by atoms with Crippen molar-refractivity contribution in [2.24, 2.45) is 0 Å². The summed E-state index contributed by atoms with van der Waals surface area (Å²) < 4.78 is 1.86. The molecule has 25 heavy (non-hydrogen) atoms. The first-order chi connectivity index (χ1) is 11.4. The van der Waals surface area contributed by atoms with Gasteiger partial charge >= 0.3 is 0 Å². The molecule has 0 spiro atoms. The van der Waals surface area contributed by atoms with Crippen LogP contribution in [0.5, 0.6) is 0 Å². The average Bonchev–Trinajstić information content (AvgIpc) is 2.91. The Balaban J connectivity index is 2.43. The minimum atomic E-state index is -0.253. The van der Waals surface area contributed by atoms with Gasteiger partial charge in [-0.25, -0.2) is 4.68 Å². The van der Waals surface area contributed by atoms with E-state index in [-0.39, 0.29) is 16.9 Å². The van der Waals surface area contributed by atoms with Gasteiger partial charge < -0.3 is 5.32 Å². The Bertz CT molecular complexity index is 785. The van der Waals surface area contributed by atoms with Gasteiger partial charge in [0.05, 0.1) is 21.8 Å². The maximum Gasteiger partial charge on any atom is 0.258 e. The van der Waals surface area contributed by atoms with Gasteiger partial charge in [0.25, 0.3) is 5.91 Å². The molecule has 1 heterocycles. The van der Waals surface area contributed by atoms with Crippen LogP contribution in [0.1, 0.15) is 57.6 Å². The number of halogens is 1. The standard InChI is InChI=1S/C19H26ClN3OS/c1-18(2,3)15-11-16(23(22-15)19(4,5)6)21-17(24)13-10-12(25-7)8-9-14(13)20/h8-11H,1-7H3,(H,21,24). The topological polar surface area (TPSA) is 46.9 Å². The van der Waals surface area contributed by atoms with Crippen LogP contribution in [0.25, 0.3) is 0 Å². The lowest BCUT2D eigenvalue weighted by atomic mass is 9.92. The third-order valence-electron chi connectivity index (χ3n) is 3.77. The summed E-state index contributed by atoms with van der Waals surface area (Å²) in [5.41, 5.74) is 1.04. The molecule has 0 radical (unpaired) electrons. The Hall–Kier alpha value is -1.46. The Morgan fingerprint density at radius 3 is 2.32 bits per heavy atom. The minimum Gasteiger partial charge on any atom is -0.307 e. The van der Waals surface area contributed by atoms with Crippen molar-refractivity contribution in [2.75, 3.05) is 11.6 Å². The van der Waals surface area contributed by atoms with Crippen LogP contribution in [0.4, 0.5) is 5.82 Å². The number of anilines is 1. The van der Waals surface area contributed by atoms with E-state index in [9.17, 15) is 4.79 Å². The summed E-state index contributed by atoms with van der Waals surface area (Å²) in [6.07, 6.45) is 1.97. The van der Waals surface area contributed by atoms with Crippen LogP contribution in [0.15, 0.2) is 29.2 Å². The van der Waals surface area contributed by atoms with E-state index in [1.54, 1.807) is 17.8 Å². The molecule has 6 heteroatoms. The highest BCUT2D eigenvalue weighted by Crippen LogP contribution is 2.29. The van der Waals surface area contributed by atoms with Gasteiger partial charge in [-0.15, -0.1) is 11.8 Å². The van der Waals surface area contributed by atoms with E-state index in [0.717, 1.165) is 10.6 Å². The van der Waals surface area contributed by atoms with E-state index in [1.807, 2.05) is 29.1 Å². The second kappa shape index (κ2) is 7.04. The third-order valence-corrected chi connectivity index (χ3v) is 4.83. The largest absolute Gasteiger partial charge is 0.307 e. The van der Waals surface area contributed by atoms with Gasteiger partial charge in [0.1, 0.15) is 5.82 Å². The van der Waals surface area contributed by atoms with E-state index < -0.39 is 0 Å². The lowest BCUT2D eigenvalue weighted by molar-refractivity contribution is 0.102. The number of hydrogen-bond donors (Lipinski definition) is 1. The molecule has 0 atom stereocenters. The molecule has 136 valence electrons. The smallest absolute Gasteiger partial charge is 0.258 e. The van der Waals surface area contributed by atoms with E-state index in [4.69, 9.17) is 16.7 Å². The Kier molecular flexibility index (Phi) is 5.59. The average molecular weight is 380 g/mol. The first-order valence-corrected chi connectivity index (χ1v) is 9.79. The molecule has 1 aromatic carbocycles. The van der Waals surface area contributed by atoms with Gasteiger partial charge in [0.15, 0.2) is 0 Å². The molecule has 0 unspecified atom stereocenters. The van der Waals surface area contributed by atoms with Crippen molar-refractivity contribution >= 4 is 35.1 Å². The molecule has 4 nitrogen and oxygen atoms in total. The number of carbonyl (C=O) groups excluding carboxylic acids is 1. The molecule has 0 bridgehead atoms. The first-order valence-electron chi connectivity index (χ1n) is 8.19. The fourth-order valence-corrected chi connectivity index (χ4v) is 2.98. The summed E-state index contributed by atoms with van der Waals surface area (Å²) in [4.78, 5) is 13.8. The van der Waals surface area contributed by atoms with Crippen molar-refractivity contribution in [1.29, 1.82) is 0 Å². The molecular weight excluding hydrogens is 354 g/mol. The number of hydrogen-bond acceptors (Lipinski definition) is 3. The van der Waals surface area contributed by atoms with Crippen LogP contribution >= 0.6 is 23.4 Å². The van der Waals surface area contributed by atoms with Crippen LogP contribution < -0.4 is 5.32 Å². The Morgan fingerprint density at radius 2 is 1.80 bits per heavy atom. The quantitative estimate of drug-likeness (QED) is 0.710. The Labute approximate surface area is 159 Å².